The van der Waals surface area contributed by atoms with Crippen molar-refractivity contribution in [2.24, 2.45) is 13.0 Å². The van der Waals surface area contributed by atoms with E-state index in [1.165, 1.54) is 0 Å². The van der Waals surface area contributed by atoms with Crippen molar-refractivity contribution in [2.45, 2.75) is 19.3 Å². The molecule has 1 fully saturated rings. The number of hydrogen-bond donors (Lipinski definition) is 2. The third-order valence-electron chi connectivity index (χ3n) is 3.64. The van der Waals surface area contributed by atoms with Gasteiger partial charge in [-0.2, -0.15) is 5.10 Å². The van der Waals surface area contributed by atoms with Crippen LogP contribution in [0.15, 0.2) is 12.4 Å². The first-order valence-electron chi connectivity index (χ1n) is 7.24. The molecule has 1 aliphatic rings. The number of carbonyl (C=O) groups is 2. The third-order valence-corrected chi connectivity index (χ3v) is 3.64. The van der Waals surface area contributed by atoms with Gasteiger partial charge in [-0.3, -0.25) is 14.3 Å². The van der Waals surface area contributed by atoms with Crippen molar-refractivity contribution in [3.63, 3.8) is 0 Å². The van der Waals surface area contributed by atoms with E-state index in [2.05, 4.69) is 15.7 Å². The van der Waals surface area contributed by atoms with Gasteiger partial charge in [0.05, 0.1) is 25.1 Å². The summed E-state index contributed by atoms with van der Waals surface area (Å²) in [6.45, 7) is 3.85. The number of aromatic nitrogens is 2. The summed E-state index contributed by atoms with van der Waals surface area (Å²) in [4.78, 5) is 23.5. The Hall–Kier alpha value is -1.89. The maximum atomic E-state index is 12.2. The van der Waals surface area contributed by atoms with Crippen molar-refractivity contribution in [1.82, 2.24) is 20.4 Å². The van der Waals surface area contributed by atoms with Crippen LogP contribution in [0.25, 0.3) is 0 Å². The Labute approximate surface area is 124 Å². The van der Waals surface area contributed by atoms with Crippen LogP contribution in [0.3, 0.4) is 0 Å². The molecule has 2 atom stereocenters. The number of nitrogens with zero attached hydrogens (tertiary/aromatic N) is 2. The minimum Gasteiger partial charge on any atom is -0.466 e. The van der Waals surface area contributed by atoms with E-state index in [9.17, 15) is 9.59 Å². The summed E-state index contributed by atoms with van der Waals surface area (Å²) in [7, 11) is 1.86. The molecule has 0 unspecified atom stereocenters. The van der Waals surface area contributed by atoms with Crippen molar-refractivity contribution >= 4 is 11.9 Å². The molecule has 2 N–H and O–H groups in total. The van der Waals surface area contributed by atoms with Crippen LogP contribution in [0.4, 0.5) is 0 Å². The molecule has 1 aromatic rings. The molecule has 0 aromatic carbocycles. The van der Waals surface area contributed by atoms with E-state index in [4.69, 9.17) is 4.74 Å². The highest BCUT2D eigenvalue weighted by molar-refractivity contribution is 5.81. The van der Waals surface area contributed by atoms with Crippen LogP contribution in [0.2, 0.25) is 0 Å². The topological polar surface area (TPSA) is 85.2 Å². The summed E-state index contributed by atoms with van der Waals surface area (Å²) in [5.41, 5.74) is 1.06. The van der Waals surface area contributed by atoms with E-state index in [1.807, 2.05) is 13.2 Å². The van der Waals surface area contributed by atoms with Crippen LogP contribution < -0.4 is 10.6 Å². The van der Waals surface area contributed by atoms with Gasteiger partial charge in [0.25, 0.3) is 0 Å². The number of aryl methyl sites for hydroxylation is 1. The lowest BCUT2D eigenvalue weighted by Crippen LogP contribution is -2.35. The monoisotopic (exact) mass is 294 g/mol. The Morgan fingerprint density at radius 2 is 2.33 bits per heavy atom. The first kappa shape index (κ1) is 15.5. The van der Waals surface area contributed by atoms with Crippen molar-refractivity contribution in [3.8, 4) is 0 Å². The van der Waals surface area contributed by atoms with Gasteiger partial charge in [0.2, 0.25) is 5.91 Å². The third kappa shape index (κ3) is 4.04. The summed E-state index contributed by atoms with van der Waals surface area (Å²) < 4.78 is 6.57. The minimum atomic E-state index is -0.286. The molecule has 0 saturated carbocycles. The first-order chi connectivity index (χ1) is 10.1. The highest BCUT2D eigenvalue weighted by Gasteiger charge is 2.34. The fraction of sp³-hybridized carbons (Fsp3) is 0.643. The van der Waals surface area contributed by atoms with Crippen molar-refractivity contribution in [3.05, 3.63) is 18.0 Å². The quantitative estimate of drug-likeness (QED) is 0.709. The second-order valence-electron chi connectivity index (χ2n) is 5.16. The lowest BCUT2D eigenvalue weighted by atomic mass is 9.90. The SMILES string of the molecule is CCOC(=O)CCNC(=O)[C@H]1CNC[C@@H]1c1cnn(C)c1. The molecule has 116 valence electrons. The predicted octanol–water partition coefficient (Wildman–Crippen LogP) is -0.207. The van der Waals surface area contributed by atoms with E-state index < -0.39 is 0 Å². The minimum absolute atomic E-state index is 0.0295. The Balaban J connectivity index is 1.85. The standard InChI is InChI=1S/C14H22N4O3/c1-3-21-13(19)4-5-16-14(20)12-8-15-7-11(12)10-6-17-18(2)9-10/h6,9,11-12,15H,3-5,7-8H2,1-2H3,(H,16,20)/t11-,12+/m1/s1. The lowest BCUT2D eigenvalue weighted by Gasteiger charge is -2.16. The molecule has 1 aromatic heterocycles. The Morgan fingerprint density at radius 1 is 1.52 bits per heavy atom. The van der Waals surface area contributed by atoms with Crippen LogP contribution in [0.1, 0.15) is 24.8 Å². The largest absolute Gasteiger partial charge is 0.466 e. The number of rotatable bonds is 6. The summed E-state index contributed by atoms with van der Waals surface area (Å²) >= 11 is 0. The fourth-order valence-corrected chi connectivity index (χ4v) is 2.59. The zero-order valence-electron chi connectivity index (χ0n) is 12.5. The zero-order valence-corrected chi connectivity index (χ0v) is 12.5. The molecule has 2 rings (SSSR count). The van der Waals surface area contributed by atoms with E-state index in [-0.39, 0.29) is 30.1 Å². The van der Waals surface area contributed by atoms with E-state index in [0.717, 1.165) is 12.1 Å². The van der Waals surface area contributed by atoms with Crippen LogP contribution in [-0.2, 0) is 21.4 Å². The number of ether oxygens (including phenoxy) is 1. The average molecular weight is 294 g/mol. The molecule has 0 spiro atoms. The molecular weight excluding hydrogens is 272 g/mol. The van der Waals surface area contributed by atoms with E-state index in [0.29, 0.717) is 19.7 Å². The van der Waals surface area contributed by atoms with Crippen molar-refractivity contribution in [2.75, 3.05) is 26.2 Å². The van der Waals surface area contributed by atoms with E-state index >= 15 is 0 Å². The number of nitrogens with one attached hydrogen (secondary N) is 2. The molecule has 0 radical (unpaired) electrons. The average Bonchev–Trinajstić information content (AvgIpc) is 3.07. The van der Waals surface area contributed by atoms with Gasteiger partial charge in [-0.25, -0.2) is 0 Å². The second-order valence-corrected chi connectivity index (χ2v) is 5.16. The molecule has 0 aliphatic carbocycles. The van der Waals surface area contributed by atoms with Gasteiger partial charge in [0.1, 0.15) is 0 Å². The molecule has 1 saturated heterocycles. The lowest BCUT2D eigenvalue weighted by molar-refractivity contribution is -0.143. The molecule has 7 nitrogen and oxygen atoms in total. The van der Waals surface area contributed by atoms with Crippen molar-refractivity contribution in [1.29, 1.82) is 0 Å². The Morgan fingerprint density at radius 3 is 3.00 bits per heavy atom. The molecular formula is C14H22N4O3. The van der Waals surface area contributed by atoms with Gasteiger partial charge in [-0.1, -0.05) is 0 Å². The second kappa shape index (κ2) is 7.21. The number of carbonyl (C=O) groups excluding carboxylic acids is 2. The molecule has 2 heterocycles. The van der Waals surface area contributed by atoms with Crippen LogP contribution in [0, 0.1) is 5.92 Å². The Bertz CT molecular complexity index is 500. The summed E-state index contributed by atoms with van der Waals surface area (Å²) in [5.74, 6) is -0.318. The predicted molar refractivity (Wildman–Crippen MR) is 76.6 cm³/mol. The van der Waals surface area contributed by atoms with Gasteiger partial charge in [0.15, 0.2) is 0 Å². The highest BCUT2D eigenvalue weighted by atomic mass is 16.5. The molecule has 21 heavy (non-hydrogen) atoms. The van der Waals surface area contributed by atoms with Crippen LogP contribution >= 0.6 is 0 Å². The Kier molecular flexibility index (Phi) is 5.32. The van der Waals surface area contributed by atoms with Crippen LogP contribution in [-0.4, -0.2) is 47.9 Å². The molecule has 1 aliphatic heterocycles. The van der Waals surface area contributed by atoms with Gasteiger partial charge >= 0.3 is 5.97 Å². The van der Waals surface area contributed by atoms with Gasteiger partial charge in [-0.15, -0.1) is 0 Å². The normalized spacial score (nSPS) is 21.2. The maximum Gasteiger partial charge on any atom is 0.307 e. The first-order valence-corrected chi connectivity index (χ1v) is 7.24. The highest BCUT2D eigenvalue weighted by Crippen LogP contribution is 2.27. The van der Waals surface area contributed by atoms with Crippen LogP contribution in [0.5, 0.6) is 0 Å². The number of hydrogen-bond acceptors (Lipinski definition) is 5. The zero-order chi connectivity index (χ0) is 15.2. The maximum absolute atomic E-state index is 12.2. The molecule has 0 bridgehead atoms. The molecule has 1 amide bonds. The van der Waals surface area contributed by atoms with Gasteiger partial charge < -0.3 is 15.4 Å². The van der Waals surface area contributed by atoms with E-state index in [1.54, 1.807) is 17.8 Å². The summed E-state index contributed by atoms with van der Waals surface area (Å²) in [6, 6.07) is 0. The smallest absolute Gasteiger partial charge is 0.307 e. The molecule has 7 heteroatoms. The summed E-state index contributed by atoms with van der Waals surface area (Å²) in [5, 5.41) is 10.2. The fourth-order valence-electron chi connectivity index (χ4n) is 2.59. The van der Waals surface area contributed by atoms with Gasteiger partial charge in [-0.05, 0) is 12.5 Å². The van der Waals surface area contributed by atoms with Crippen molar-refractivity contribution < 1.29 is 14.3 Å². The summed E-state index contributed by atoms with van der Waals surface area (Å²) in [6.07, 6.45) is 3.95. The van der Waals surface area contributed by atoms with Gasteiger partial charge in [0, 0.05) is 38.8 Å². The number of esters is 1. The number of amides is 1.